The molecule has 0 fully saturated rings. The summed E-state index contributed by atoms with van der Waals surface area (Å²) in [5, 5.41) is 9.30. The first-order valence-corrected chi connectivity index (χ1v) is 8.75. The molecule has 0 saturated carbocycles. The number of nitrogens with two attached hydrogens (primary N) is 1. The van der Waals surface area contributed by atoms with E-state index in [1.807, 2.05) is 29.3 Å². The number of halogens is 3. The lowest BCUT2D eigenvalue weighted by atomic mass is 10.1. The van der Waals surface area contributed by atoms with Gasteiger partial charge in [0.2, 0.25) is 0 Å². The molecule has 0 atom stereocenters. The van der Waals surface area contributed by atoms with E-state index in [0.717, 1.165) is 16.7 Å². The molecule has 0 radical (unpaired) electrons. The maximum absolute atomic E-state index is 13.0. The molecule has 30 heavy (non-hydrogen) atoms. The molecule has 2 heterocycles. The van der Waals surface area contributed by atoms with Gasteiger partial charge in [-0.05, 0) is 36.4 Å². The summed E-state index contributed by atoms with van der Waals surface area (Å²) in [6.45, 7) is 0.703. The average Bonchev–Trinajstić information content (AvgIpc) is 2.72. The van der Waals surface area contributed by atoms with Crippen LogP contribution in [0.25, 0.3) is 11.8 Å². The second-order valence-electron chi connectivity index (χ2n) is 6.20. The van der Waals surface area contributed by atoms with Crippen LogP contribution >= 0.6 is 0 Å². The molecule has 152 valence electrons. The van der Waals surface area contributed by atoms with Crippen LogP contribution < -0.4 is 11.4 Å². The minimum absolute atomic E-state index is 0.0975. The van der Waals surface area contributed by atoms with Crippen LogP contribution in [0.3, 0.4) is 0 Å². The third-order valence-corrected chi connectivity index (χ3v) is 4.20. The van der Waals surface area contributed by atoms with Crippen molar-refractivity contribution in [3.63, 3.8) is 0 Å². The van der Waals surface area contributed by atoms with Gasteiger partial charge in [0.1, 0.15) is 11.9 Å². The molecule has 0 unspecified atom stereocenters. The first-order chi connectivity index (χ1) is 14.3. The normalized spacial score (nSPS) is 14.0. The largest absolute Gasteiger partial charge is 0.416 e. The smallest absolute Gasteiger partial charge is 0.384 e. The number of hydrogen-bond acceptors (Lipinski definition) is 5. The summed E-state index contributed by atoms with van der Waals surface area (Å²) in [7, 11) is 0. The van der Waals surface area contributed by atoms with Crippen molar-refractivity contribution >= 4 is 11.9 Å². The predicted octanol–water partition coefficient (Wildman–Crippen LogP) is 3.62. The third-order valence-electron chi connectivity index (χ3n) is 4.20. The Morgan fingerprint density at radius 3 is 2.70 bits per heavy atom. The van der Waals surface area contributed by atoms with Gasteiger partial charge >= 0.3 is 11.9 Å². The Morgan fingerprint density at radius 2 is 2.03 bits per heavy atom. The van der Waals surface area contributed by atoms with E-state index in [0.29, 0.717) is 6.54 Å². The van der Waals surface area contributed by atoms with Gasteiger partial charge in [-0.1, -0.05) is 24.3 Å². The molecule has 2 aromatic rings. The topological polar surface area (TPSA) is 87.9 Å². The van der Waals surface area contributed by atoms with Crippen molar-refractivity contribution in [3.8, 4) is 11.8 Å². The Labute approximate surface area is 170 Å². The van der Waals surface area contributed by atoms with Crippen LogP contribution in [0.4, 0.5) is 19.0 Å². The van der Waals surface area contributed by atoms with Crippen molar-refractivity contribution in [1.82, 2.24) is 14.5 Å². The molecule has 0 spiro atoms. The molecule has 9 heteroatoms. The van der Waals surface area contributed by atoms with E-state index >= 15 is 0 Å². The zero-order valence-corrected chi connectivity index (χ0v) is 15.5. The van der Waals surface area contributed by atoms with Crippen molar-refractivity contribution in [2.24, 2.45) is 0 Å². The molecular formula is C21H16F3N5O. The third kappa shape index (κ3) is 4.50. The minimum Gasteiger partial charge on any atom is -0.384 e. The molecule has 1 aromatic heterocycles. The van der Waals surface area contributed by atoms with Gasteiger partial charge in [-0.2, -0.15) is 23.4 Å². The molecule has 1 aliphatic rings. The number of rotatable bonds is 4. The highest BCUT2D eigenvalue weighted by molar-refractivity contribution is 5.68. The second kappa shape index (κ2) is 8.53. The van der Waals surface area contributed by atoms with E-state index < -0.39 is 17.4 Å². The maximum atomic E-state index is 13.0. The van der Waals surface area contributed by atoms with Gasteiger partial charge in [-0.25, -0.2) is 9.36 Å². The first kappa shape index (κ1) is 20.7. The summed E-state index contributed by atoms with van der Waals surface area (Å²) < 4.78 is 39.9. The zero-order chi connectivity index (χ0) is 21.7. The number of anilines is 1. The number of benzene rings is 1. The minimum atomic E-state index is -4.58. The van der Waals surface area contributed by atoms with Crippen molar-refractivity contribution in [2.75, 3.05) is 12.3 Å². The van der Waals surface area contributed by atoms with E-state index in [9.17, 15) is 23.2 Å². The van der Waals surface area contributed by atoms with Gasteiger partial charge in [0.25, 0.3) is 0 Å². The van der Waals surface area contributed by atoms with Crippen LogP contribution in [0.15, 0.2) is 71.8 Å². The van der Waals surface area contributed by atoms with E-state index in [4.69, 9.17) is 5.73 Å². The van der Waals surface area contributed by atoms with Crippen molar-refractivity contribution in [1.29, 1.82) is 5.26 Å². The number of aromatic nitrogens is 2. The van der Waals surface area contributed by atoms with E-state index in [2.05, 4.69) is 4.98 Å². The molecule has 1 aliphatic heterocycles. The Hall–Kier alpha value is -4.06. The van der Waals surface area contributed by atoms with Crippen LogP contribution in [0, 0.1) is 11.3 Å². The van der Waals surface area contributed by atoms with Crippen LogP contribution in [0.1, 0.15) is 16.8 Å². The molecule has 1 aromatic carbocycles. The van der Waals surface area contributed by atoms with E-state index in [1.54, 1.807) is 24.4 Å². The van der Waals surface area contributed by atoms with Gasteiger partial charge in [0.15, 0.2) is 5.69 Å². The predicted molar refractivity (Wildman–Crippen MR) is 107 cm³/mol. The number of alkyl halides is 3. The number of nitrogen functional groups attached to an aromatic ring is 1. The van der Waals surface area contributed by atoms with Gasteiger partial charge in [-0.15, -0.1) is 0 Å². The molecule has 0 amide bonds. The van der Waals surface area contributed by atoms with Crippen LogP contribution in [-0.2, 0) is 6.18 Å². The molecule has 0 aliphatic carbocycles. The second-order valence-corrected chi connectivity index (χ2v) is 6.20. The Morgan fingerprint density at radius 1 is 1.23 bits per heavy atom. The number of nitriles is 1. The molecule has 0 bridgehead atoms. The van der Waals surface area contributed by atoms with E-state index in [1.165, 1.54) is 18.2 Å². The Kier molecular flexibility index (Phi) is 5.88. The molecule has 0 saturated heterocycles. The highest BCUT2D eigenvalue weighted by Crippen LogP contribution is 2.30. The number of nitrogens with zero attached hydrogens (tertiary/aromatic N) is 4. The zero-order valence-electron chi connectivity index (χ0n) is 15.5. The quantitative estimate of drug-likeness (QED) is 0.777. The Balaban J connectivity index is 2.01. The number of hydrogen-bond donors (Lipinski definition) is 1. The SMILES string of the molecule is N#Cc1nc(=O)n(-c2cccc(C(F)(F)F)c2)c(N)c1C=CC=CN1C=CC=CC1. The summed E-state index contributed by atoms with van der Waals surface area (Å²) in [5.74, 6) is -0.184. The van der Waals surface area contributed by atoms with Crippen LogP contribution in [0.2, 0.25) is 0 Å². The lowest BCUT2D eigenvalue weighted by Gasteiger charge is -2.14. The standard InChI is InChI=1S/C21H16F3N5O/c22-21(23,24)15-7-6-8-16(13-15)29-19(26)17(18(14-25)27-20(29)30)9-2-5-12-28-10-3-1-4-11-28/h1-10,12-13H,11,26H2. The maximum Gasteiger partial charge on any atom is 0.416 e. The highest BCUT2D eigenvalue weighted by atomic mass is 19.4. The fraction of sp³-hybridized carbons (Fsp3) is 0.0952. The average molecular weight is 411 g/mol. The number of allylic oxidation sites excluding steroid dienone is 4. The lowest BCUT2D eigenvalue weighted by Crippen LogP contribution is -2.26. The van der Waals surface area contributed by atoms with Crippen molar-refractivity contribution < 1.29 is 13.2 Å². The molecular weight excluding hydrogens is 395 g/mol. The van der Waals surface area contributed by atoms with Gasteiger partial charge in [0, 0.05) is 18.9 Å². The van der Waals surface area contributed by atoms with Gasteiger partial charge in [0.05, 0.1) is 16.8 Å². The van der Waals surface area contributed by atoms with Crippen molar-refractivity contribution in [3.05, 3.63) is 94.4 Å². The fourth-order valence-electron chi connectivity index (χ4n) is 2.78. The Bertz CT molecular complexity index is 1170. The molecule has 2 N–H and O–H groups in total. The monoisotopic (exact) mass is 411 g/mol. The lowest BCUT2D eigenvalue weighted by molar-refractivity contribution is -0.137. The van der Waals surface area contributed by atoms with E-state index in [-0.39, 0.29) is 22.8 Å². The summed E-state index contributed by atoms with van der Waals surface area (Å²) in [6, 6.07) is 5.96. The summed E-state index contributed by atoms with van der Waals surface area (Å²) in [6.07, 6.45) is 9.61. The van der Waals surface area contributed by atoms with Crippen molar-refractivity contribution in [2.45, 2.75) is 6.18 Å². The summed E-state index contributed by atoms with van der Waals surface area (Å²) in [4.78, 5) is 17.9. The highest BCUT2D eigenvalue weighted by Gasteiger charge is 2.30. The summed E-state index contributed by atoms with van der Waals surface area (Å²) >= 11 is 0. The van der Waals surface area contributed by atoms with Crippen LogP contribution in [0.5, 0.6) is 0 Å². The molecule has 6 nitrogen and oxygen atoms in total. The van der Waals surface area contributed by atoms with Crippen LogP contribution in [-0.4, -0.2) is 21.0 Å². The van der Waals surface area contributed by atoms with Gasteiger partial charge in [-0.3, -0.25) is 0 Å². The van der Waals surface area contributed by atoms with Gasteiger partial charge < -0.3 is 10.6 Å². The summed E-state index contributed by atoms with van der Waals surface area (Å²) in [5.41, 5.74) is 4.01. The molecule has 3 rings (SSSR count). The fourth-order valence-corrected chi connectivity index (χ4v) is 2.78. The first-order valence-electron chi connectivity index (χ1n) is 8.75.